The lowest BCUT2D eigenvalue weighted by Crippen LogP contribution is -2.10. The SMILES string of the molecule is CC(c1cn(-c2ccccc2F)nn1)n1nc(-c2nccc(C#N)n2)c2c(N)ncnc21. The zero-order valence-corrected chi connectivity index (χ0v) is 16.6. The van der Waals surface area contributed by atoms with Crippen molar-refractivity contribution in [1.82, 2.24) is 44.7 Å². The number of halogens is 1. The molecule has 11 nitrogen and oxygen atoms in total. The van der Waals surface area contributed by atoms with Gasteiger partial charge in [-0.3, -0.25) is 0 Å². The Morgan fingerprint density at radius 3 is 2.81 bits per heavy atom. The third kappa shape index (κ3) is 3.08. The van der Waals surface area contributed by atoms with E-state index in [1.165, 1.54) is 29.3 Å². The summed E-state index contributed by atoms with van der Waals surface area (Å²) in [5.41, 5.74) is 7.87. The molecule has 0 saturated carbocycles. The summed E-state index contributed by atoms with van der Waals surface area (Å²) in [7, 11) is 0. The minimum absolute atomic E-state index is 0.189. The maximum absolute atomic E-state index is 14.1. The molecule has 0 aliphatic carbocycles. The molecule has 32 heavy (non-hydrogen) atoms. The number of nitriles is 1. The monoisotopic (exact) mass is 427 g/mol. The van der Waals surface area contributed by atoms with Crippen LogP contribution in [0.5, 0.6) is 0 Å². The number of hydrogen-bond acceptors (Lipinski definition) is 9. The number of aromatic nitrogens is 9. The number of anilines is 1. The molecule has 5 rings (SSSR count). The molecule has 0 saturated heterocycles. The second-order valence-electron chi connectivity index (χ2n) is 6.84. The summed E-state index contributed by atoms with van der Waals surface area (Å²) >= 11 is 0. The second kappa shape index (κ2) is 7.47. The van der Waals surface area contributed by atoms with Gasteiger partial charge >= 0.3 is 0 Å². The van der Waals surface area contributed by atoms with Crippen LogP contribution in [0.2, 0.25) is 0 Å². The molecule has 0 spiro atoms. The minimum Gasteiger partial charge on any atom is -0.383 e. The first-order valence-electron chi connectivity index (χ1n) is 9.46. The fraction of sp³-hybridized carbons (Fsp3) is 0.100. The van der Waals surface area contributed by atoms with Crippen LogP contribution in [0.4, 0.5) is 10.2 Å². The quantitative estimate of drug-likeness (QED) is 0.454. The molecule has 12 heteroatoms. The largest absolute Gasteiger partial charge is 0.383 e. The number of fused-ring (bicyclic) bond motifs is 1. The van der Waals surface area contributed by atoms with Gasteiger partial charge < -0.3 is 5.73 Å². The average Bonchev–Trinajstić information content (AvgIpc) is 3.45. The zero-order chi connectivity index (χ0) is 22.2. The van der Waals surface area contributed by atoms with E-state index in [0.717, 1.165) is 0 Å². The van der Waals surface area contributed by atoms with Crippen molar-refractivity contribution < 1.29 is 4.39 Å². The van der Waals surface area contributed by atoms with E-state index < -0.39 is 11.9 Å². The highest BCUT2D eigenvalue weighted by molar-refractivity contribution is 5.96. The van der Waals surface area contributed by atoms with Crippen LogP contribution < -0.4 is 5.73 Å². The molecule has 0 aliphatic rings. The number of nitrogens with zero attached hydrogens (tertiary/aromatic N) is 10. The van der Waals surface area contributed by atoms with Crippen LogP contribution >= 0.6 is 0 Å². The average molecular weight is 427 g/mol. The molecule has 1 atom stereocenters. The summed E-state index contributed by atoms with van der Waals surface area (Å²) < 4.78 is 17.1. The molecule has 1 aromatic carbocycles. The summed E-state index contributed by atoms with van der Waals surface area (Å²) in [6, 6.07) is 9.30. The molecule has 1 unspecified atom stereocenters. The Morgan fingerprint density at radius 2 is 2.00 bits per heavy atom. The van der Waals surface area contributed by atoms with Crippen LogP contribution in [0.15, 0.2) is 49.1 Å². The van der Waals surface area contributed by atoms with Crippen molar-refractivity contribution in [1.29, 1.82) is 5.26 Å². The number of benzene rings is 1. The summed E-state index contributed by atoms with van der Waals surface area (Å²) in [4.78, 5) is 16.8. The predicted molar refractivity (Wildman–Crippen MR) is 111 cm³/mol. The van der Waals surface area contributed by atoms with Crippen molar-refractivity contribution in [2.24, 2.45) is 0 Å². The molecule has 4 heterocycles. The van der Waals surface area contributed by atoms with Gasteiger partial charge in [0.05, 0.1) is 17.6 Å². The van der Waals surface area contributed by atoms with E-state index in [4.69, 9.17) is 5.73 Å². The molecule has 0 amide bonds. The molecular formula is C20H14FN11. The van der Waals surface area contributed by atoms with E-state index in [-0.39, 0.29) is 23.0 Å². The third-order valence-corrected chi connectivity index (χ3v) is 4.91. The Balaban J connectivity index is 1.63. The van der Waals surface area contributed by atoms with Crippen molar-refractivity contribution >= 4 is 16.9 Å². The van der Waals surface area contributed by atoms with Crippen LogP contribution in [0, 0.1) is 17.1 Å². The van der Waals surface area contributed by atoms with Gasteiger partial charge in [-0.15, -0.1) is 5.10 Å². The first-order chi connectivity index (χ1) is 15.6. The van der Waals surface area contributed by atoms with E-state index in [1.54, 1.807) is 29.1 Å². The topological polar surface area (TPSA) is 150 Å². The van der Waals surface area contributed by atoms with Gasteiger partial charge in [0.2, 0.25) is 0 Å². The molecule has 5 aromatic rings. The second-order valence-corrected chi connectivity index (χ2v) is 6.84. The molecule has 0 fully saturated rings. The van der Waals surface area contributed by atoms with Gasteiger partial charge in [0.1, 0.15) is 46.8 Å². The van der Waals surface area contributed by atoms with Gasteiger partial charge in [0.15, 0.2) is 11.5 Å². The van der Waals surface area contributed by atoms with Crippen LogP contribution in [-0.2, 0) is 0 Å². The molecule has 4 aromatic heterocycles. The minimum atomic E-state index is -0.444. The number of para-hydroxylation sites is 1. The van der Waals surface area contributed by atoms with E-state index in [1.807, 2.05) is 13.0 Å². The predicted octanol–water partition coefficient (Wildman–Crippen LogP) is 2.07. The first kappa shape index (κ1) is 19.2. The van der Waals surface area contributed by atoms with E-state index in [9.17, 15) is 9.65 Å². The molecular weight excluding hydrogens is 413 g/mol. The van der Waals surface area contributed by atoms with Crippen LogP contribution in [0.1, 0.15) is 24.4 Å². The standard InChI is InChI=1S/C20H14FN11/c1-11(14-9-31(30-28-14)15-5-3-2-4-13(15)21)32-20-16(18(23)25-10-26-20)17(29-32)19-24-7-6-12(8-22)27-19/h2-7,9-11H,1H3,(H2,23,25,26). The van der Waals surface area contributed by atoms with Crippen molar-refractivity contribution in [3.8, 4) is 23.3 Å². The summed E-state index contributed by atoms with van der Waals surface area (Å²) in [5, 5.41) is 22.5. The molecule has 0 aliphatic heterocycles. The van der Waals surface area contributed by atoms with E-state index >= 15 is 0 Å². The van der Waals surface area contributed by atoms with Gasteiger partial charge in [-0.25, -0.2) is 33.7 Å². The summed E-state index contributed by atoms with van der Waals surface area (Å²) in [6.07, 6.45) is 4.41. The van der Waals surface area contributed by atoms with Crippen molar-refractivity contribution in [2.45, 2.75) is 13.0 Å². The zero-order valence-electron chi connectivity index (χ0n) is 16.6. The fourth-order valence-corrected chi connectivity index (χ4v) is 3.31. The lowest BCUT2D eigenvalue weighted by Gasteiger charge is -2.09. The lowest BCUT2D eigenvalue weighted by atomic mass is 10.2. The summed E-state index contributed by atoms with van der Waals surface area (Å²) in [6.45, 7) is 1.84. The number of nitrogen functional groups attached to an aromatic ring is 1. The van der Waals surface area contributed by atoms with Gasteiger partial charge in [-0.2, -0.15) is 10.4 Å². The van der Waals surface area contributed by atoms with Crippen molar-refractivity contribution in [3.05, 3.63) is 66.3 Å². The van der Waals surface area contributed by atoms with Crippen LogP contribution in [0.3, 0.4) is 0 Å². The Labute approximate surface area is 180 Å². The fourth-order valence-electron chi connectivity index (χ4n) is 3.31. The van der Waals surface area contributed by atoms with Gasteiger partial charge in [0.25, 0.3) is 0 Å². The Kier molecular flexibility index (Phi) is 4.48. The Morgan fingerprint density at radius 1 is 1.16 bits per heavy atom. The van der Waals surface area contributed by atoms with Crippen molar-refractivity contribution in [2.75, 3.05) is 5.73 Å². The Bertz CT molecular complexity index is 1500. The highest BCUT2D eigenvalue weighted by atomic mass is 19.1. The molecule has 0 bridgehead atoms. The number of nitrogens with two attached hydrogens (primary N) is 1. The summed E-state index contributed by atoms with van der Waals surface area (Å²) in [5.74, 6) is -0.000557. The smallest absolute Gasteiger partial charge is 0.182 e. The van der Waals surface area contributed by atoms with Gasteiger partial charge in [0, 0.05) is 6.20 Å². The van der Waals surface area contributed by atoms with Crippen molar-refractivity contribution in [3.63, 3.8) is 0 Å². The van der Waals surface area contributed by atoms with E-state index in [2.05, 4.69) is 35.3 Å². The maximum Gasteiger partial charge on any atom is 0.182 e. The third-order valence-electron chi connectivity index (χ3n) is 4.91. The molecule has 0 radical (unpaired) electrons. The maximum atomic E-state index is 14.1. The van der Waals surface area contributed by atoms with E-state index in [0.29, 0.717) is 22.4 Å². The van der Waals surface area contributed by atoms with Crippen LogP contribution in [-0.4, -0.2) is 44.7 Å². The molecule has 2 N–H and O–H groups in total. The highest BCUT2D eigenvalue weighted by Crippen LogP contribution is 2.31. The van der Waals surface area contributed by atoms with Crippen LogP contribution in [0.25, 0.3) is 28.2 Å². The molecule has 156 valence electrons. The number of hydrogen-bond donors (Lipinski definition) is 1. The van der Waals surface area contributed by atoms with Gasteiger partial charge in [-0.05, 0) is 25.1 Å². The highest BCUT2D eigenvalue weighted by Gasteiger charge is 2.24. The van der Waals surface area contributed by atoms with Gasteiger partial charge in [-0.1, -0.05) is 17.3 Å². The lowest BCUT2D eigenvalue weighted by molar-refractivity contribution is 0.565. The first-order valence-corrected chi connectivity index (χ1v) is 9.46. The Hall–Kier alpha value is -4.79. The number of rotatable bonds is 4. The normalized spacial score (nSPS) is 12.0.